The summed E-state index contributed by atoms with van der Waals surface area (Å²) >= 11 is 2.43. The van der Waals surface area contributed by atoms with Crippen LogP contribution in [0.25, 0.3) is 5.69 Å². The van der Waals surface area contributed by atoms with E-state index in [1.165, 1.54) is 11.3 Å². The number of rotatable bonds is 10. The summed E-state index contributed by atoms with van der Waals surface area (Å²) in [6, 6.07) is 15.8. The zero-order valence-corrected chi connectivity index (χ0v) is 24.4. The predicted molar refractivity (Wildman–Crippen MR) is 153 cm³/mol. The van der Waals surface area contributed by atoms with Crippen LogP contribution < -0.4 is 5.32 Å². The Bertz CT molecular complexity index is 1590. The maximum Gasteiger partial charge on any atom is 0.341 e. The number of sulfone groups is 1. The van der Waals surface area contributed by atoms with Crippen LogP contribution in [0.15, 0.2) is 64.6 Å². The van der Waals surface area contributed by atoms with Crippen molar-refractivity contribution < 1.29 is 22.7 Å². The number of aromatic nitrogens is 3. The maximum atomic E-state index is 13.1. The summed E-state index contributed by atoms with van der Waals surface area (Å²) in [6.07, 6.45) is 0. The number of amides is 1. The average molecular weight is 585 g/mol. The average Bonchev–Trinajstić information content (AvgIpc) is 3.42. The Morgan fingerprint density at radius 2 is 1.72 bits per heavy atom. The fourth-order valence-electron chi connectivity index (χ4n) is 3.78. The molecular formula is C27H28N4O5S3. The van der Waals surface area contributed by atoms with Crippen molar-refractivity contribution in [3.8, 4) is 5.69 Å². The van der Waals surface area contributed by atoms with Gasteiger partial charge in [0.05, 0.1) is 22.8 Å². The van der Waals surface area contributed by atoms with Gasteiger partial charge in [-0.2, -0.15) is 0 Å². The number of thioether (sulfide) groups is 1. The summed E-state index contributed by atoms with van der Waals surface area (Å²) in [5.74, 6) is -0.984. The van der Waals surface area contributed by atoms with Crippen molar-refractivity contribution in [2.24, 2.45) is 0 Å². The molecule has 39 heavy (non-hydrogen) atoms. The number of ether oxygens (including phenoxy) is 1. The number of hydrogen-bond acceptors (Lipinski definition) is 9. The lowest BCUT2D eigenvalue weighted by Crippen LogP contribution is -2.17. The highest BCUT2D eigenvalue weighted by molar-refractivity contribution is 7.99. The van der Waals surface area contributed by atoms with Crippen molar-refractivity contribution >= 4 is 49.8 Å². The molecule has 1 amide bonds. The first kappa shape index (κ1) is 28.5. The van der Waals surface area contributed by atoms with Gasteiger partial charge in [-0.1, -0.05) is 47.7 Å². The molecule has 0 fully saturated rings. The Kier molecular flexibility index (Phi) is 8.88. The smallest absolute Gasteiger partial charge is 0.341 e. The van der Waals surface area contributed by atoms with Crippen molar-refractivity contribution in [3.63, 3.8) is 0 Å². The number of carbonyl (C=O) groups excluding carboxylic acids is 2. The van der Waals surface area contributed by atoms with Crippen LogP contribution in [0.3, 0.4) is 0 Å². The monoisotopic (exact) mass is 584 g/mol. The summed E-state index contributed by atoms with van der Waals surface area (Å²) in [5, 5.41) is 12.0. The van der Waals surface area contributed by atoms with Crippen molar-refractivity contribution in [2.45, 2.75) is 43.5 Å². The lowest BCUT2D eigenvalue weighted by Gasteiger charge is -2.11. The minimum Gasteiger partial charge on any atom is -0.462 e. The third kappa shape index (κ3) is 6.57. The van der Waals surface area contributed by atoms with Gasteiger partial charge in [0.15, 0.2) is 20.8 Å². The molecule has 9 nitrogen and oxygen atoms in total. The minimum absolute atomic E-state index is 0.0338. The largest absolute Gasteiger partial charge is 0.462 e. The van der Waals surface area contributed by atoms with Gasteiger partial charge in [-0.05, 0) is 57.5 Å². The third-order valence-electron chi connectivity index (χ3n) is 5.86. The number of esters is 1. The number of nitrogens with zero attached hydrogens (tertiary/aromatic N) is 3. The van der Waals surface area contributed by atoms with Crippen LogP contribution in [0.1, 0.15) is 39.1 Å². The molecule has 0 aliphatic rings. The number of anilines is 1. The van der Waals surface area contributed by atoms with Gasteiger partial charge >= 0.3 is 5.97 Å². The summed E-state index contributed by atoms with van der Waals surface area (Å²) < 4.78 is 33.1. The predicted octanol–water partition coefficient (Wildman–Crippen LogP) is 5.14. The van der Waals surface area contributed by atoms with Crippen LogP contribution in [0.2, 0.25) is 0 Å². The quantitative estimate of drug-likeness (QED) is 0.201. The van der Waals surface area contributed by atoms with E-state index >= 15 is 0 Å². The van der Waals surface area contributed by atoms with E-state index in [-0.39, 0.29) is 34.7 Å². The first-order valence-corrected chi connectivity index (χ1v) is 15.5. The first-order valence-electron chi connectivity index (χ1n) is 12.1. The molecule has 204 valence electrons. The highest BCUT2D eigenvalue weighted by Gasteiger charge is 2.25. The van der Waals surface area contributed by atoms with Gasteiger partial charge < -0.3 is 10.1 Å². The van der Waals surface area contributed by atoms with E-state index in [0.717, 1.165) is 27.8 Å². The minimum atomic E-state index is -3.69. The second kappa shape index (κ2) is 12.1. The zero-order chi connectivity index (χ0) is 28.2. The third-order valence-corrected chi connectivity index (χ3v) is 9.54. The zero-order valence-electron chi connectivity index (χ0n) is 21.9. The maximum absolute atomic E-state index is 13.1. The fraction of sp³-hybridized carbons (Fsp3) is 0.259. The van der Waals surface area contributed by atoms with Gasteiger partial charge in [0.25, 0.3) is 0 Å². The molecule has 2 heterocycles. The summed E-state index contributed by atoms with van der Waals surface area (Å²) in [4.78, 5) is 26.5. The molecule has 12 heteroatoms. The normalized spacial score (nSPS) is 11.4. The van der Waals surface area contributed by atoms with Crippen LogP contribution in [0.4, 0.5) is 5.00 Å². The van der Waals surface area contributed by atoms with E-state index in [2.05, 4.69) is 15.5 Å². The van der Waals surface area contributed by atoms with E-state index in [1.807, 2.05) is 51.1 Å². The molecule has 0 atom stereocenters. The molecule has 0 radical (unpaired) electrons. The van der Waals surface area contributed by atoms with Gasteiger partial charge in [-0.25, -0.2) is 13.2 Å². The van der Waals surface area contributed by atoms with Gasteiger partial charge in [0.2, 0.25) is 5.91 Å². The van der Waals surface area contributed by atoms with Crippen molar-refractivity contribution in [2.75, 3.05) is 17.7 Å². The van der Waals surface area contributed by atoms with Gasteiger partial charge in [-0.15, -0.1) is 21.5 Å². The fourth-order valence-corrected chi connectivity index (χ4v) is 6.86. The topological polar surface area (TPSA) is 120 Å². The number of thiophene rings is 1. The highest BCUT2D eigenvalue weighted by Crippen LogP contribution is 2.33. The number of benzene rings is 2. The van der Waals surface area contributed by atoms with E-state index in [9.17, 15) is 18.0 Å². The highest BCUT2D eigenvalue weighted by atomic mass is 32.2. The lowest BCUT2D eigenvalue weighted by molar-refractivity contribution is -0.113. The van der Waals surface area contributed by atoms with Crippen LogP contribution in [0.5, 0.6) is 0 Å². The summed E-state index contributed by atoms with van der Waals surface area (Å²) in [5.41, 5.74) is 2.76. The van der Waals surface area contributed by atoms with E-state index in [4.69, 9.17) is 4.74 Å². The lowest BCUT2D eigenvalue weighted by atomic mass is 10.1. The van der Waals surface area contributed by atoms with Gasteiger partial charge in [-0.3, -0.25) is 9.36 Å². The molecule has 0 bridgehead atoms. The second-order valence-electron chi connectivity index (χ2n) is 8.69. The number of carbonyl (C=O) groups is 2. The molecular weight excluding hydrogens is 557 g/mol. The van der Waals surface area contributed by atoms with Gasteiger partial charge in [0, 0.05) is 10.6 Å². The first-order chi connectivity index (χ1) is 18.6. The van der Waals surface area contributed by atoms with Crippen LogP contribution in [-0.2, 0) is 25.1 Å². The molecule has 1 N–H and O–H groups in total. The Morgan fingerprint density at radius 3 is 2.38 bits per heavy atom. The van der Waals surface area contributed by atoms with E-state index < -0.39 is 15.8 Å². The second-order valence-corrected chi connectivity index (χ2v) is 12.8. The molecule has 0 unspecified atom stereocenters. The van der Waals surface area contributed by atoms with E-state index in [1.54, 1.807) is 35.8 Å². The number of nitrogens with one attached hydrogen (secondary N) is 1. The number of para-hydroxylation sites is 1. The Balaban J connectivity index is 1.57. The van der Waals surface area contributed by atoms with Crippen LogP contribution in [0, 0.1) is 20.8 Å². The number of aryl methyl sites for hydroxylation is 2. The molecule has 0 aliphatic heterocycles. The Hall–Kier alpha value is -3.48. The number of hydrogen-bond donors (Lipinski definition) is 1. The summed E-state index contributed by atoms with van der Waals surface area (Å²) in [7, 11) is -3.69. The van der Waals surface area contributed by atoms with E-state index in [0.29, 0.717) is 21.4 Å². The molecule has 0 saturated heterocycles. The standard InChI is InChI=1S/C27H28N4O5S3/c1-5-36-26(33)24-18(3)19(4)38-25(24)28-23(32)15-37-27-30-29-22(31(27)20-9-7-6-8-10-20)16-39(34,35)21-13-11-17(2)12-14-21/h6-14H,5,15-16H2,1-4H3,(H,28,32). The Morgan fingerprint density at radius 1 is 1.03 bits per heavy atom. The molecule has 4 rings (SSSR count). The SMILES string of the molecule is CCOC(=O)c1c(NC(=O)CSc2nnc(CS(=O)(=O)c3ccc(C)cc3)n2-c2ccccc2)sc(C)c1C. The molecule has 4 aromatic rings. The van der Waals surface area contributed by atoms with Crippen LogP contribution in [-0.4, -0.2) is 47.4 Å². The van der Waals surface area contributed by atoms with Crippen molar-refractivity contribution in [1.82, 2.24) is 14.8 Å². The molecule has 0 aliphatic carbocycles. The molecule has 2 aromatic carbocycles. The molecule has 0 saturated carbocycles. The van der Waals surface area contributed by atoms with Crippen LogP contribution >= 0.6 is 23.1 Å². The Labute approximate surface area is 235 Å². The van der Waals surface area contributed by atoms with Crippen molar-refractivity contribution in [3.05, 3.63) is 82.0 Å². The summed E-state index contributed by atoms with van der Waals surface area (Å²) in [6.45, 7) is 7.54. The van der Waals surface area contributed by atoms with Gasteiger partial charge in [0.1, 0.15) is 10.8 Å². The van der Waals surface area contributed by atoms with Crippen molar-refractivity contribution in [1.29, 1.82) is 0 Å². The molecule has 2 aromatic heterocycles. The molecule has 0 spiro atoms.